The fourth-order valence-corrected chi connectivity index (χ4v) is 1.89. The molecule has 19 heavy (non-hydrogen) atoms. The van der Waals surface area contributed by atoms with Crippen molar-refractivity contribution in [1.82, 2.24) is 9.78 Å². The fraction of sp³-hybridized carbons (Fsp3) is 0.231. The van der Waals surface area contributed by atoms with E-state index in [4.69, 9.17) is 5.11 Å². The minimum atomic E-state index is -1.16. The molecule has 0 fully saturated rings. The first-order valence-corrected chi connectivity index (χ1v) is 5.74. The third-order valence-electron chi connectivity index (χ3n) is 2.81. The number of carboxylic acids is 1. The predicted molar refractivity (Wildman–Crippen MR) is 68.6 cm³/mol. The minimum absolute atomic E-state index is 0.00162. The third-order valence-corrected chi connectivity index (χ3v) is 2.81. The second-order valence-electron chi connectivity index (χ2n) is 4.23. The zero-order valence-corrected chi connectivity index (χ0v) is 10.6. The van der Waals surface area contributed by atoms with Crippen LogP contribution < -0.4 is 5.32 Å². The number of aromatic carboxylic acids is 1. The molecule has 0 saturated carbocycles. The molecule has 5 nitrogen and oxygen atoms in total. The highest BCUT2D eigenvalue weighted by molar-refractivity contribution is 5.94. The lowest BCUT2D eigenvalue weighted by Crippen LogP contribution is -2.08. The summed E-state index contributed by atoms with van der Waals surface area (Å²) >= 11 is 0. The van der Waals surface area contributed by atoms with Gasteiger partial charge in [0.05, 0.1) is 16.9 Å². The molecule has 100 valence electrons. The average Bonchev–Trinajstić information content (AvgIpc) is 2.66. The number of carboxylic acid groups (broad SMARTS) is 1. The van der Waals surface area contributed by atoms with Crippen LogP contribution in [0.2, 0.25) is 0 Å². The van der Waals surface area contributed by atoms with Crippen molar-refractivity contribution in [2.75, 3.05) is 5.32 Å². The van der Waals surface area contributed by atoms with E-state index in [0.717, 1.165) is 11.3 Å². The Kier molecular flexibility index (Phi) is 3.50. The smallest absolute Gasteiger partial charge is 0.337 e. The number of rotatable bonds is 4. The Morgan fingerprint density at radius 1 is 1.53 bits per heavy atom. The summed E-state index contributed by atoms with van der Waals surface area (Å²) in [5.41, 5.74) is 1.63. The largest absolute Gasteiger partial charge is 0.478 e. The Bertz CT molecular complexity index is 622. The summed E-state index contributed by atoms with van der Waals surface area (Å²) < 4.78 is 15.3. The fourth-order valence-electron chi connectivity index (χ4n) is 1.89. The van der Waals surface area contributed by atoms with Crippen LogP contribution in [0, 0.1) is 12.7 Å². The summed E-state index contributed by atoms with van der Waals surface area (Å²) in [6.07, 6.45) is 1.81. The normalized spacial score (nSPS) is 10.5. The molecule has 1 aromatic heterocycles. The molecule has 0 spiro atoms. The van der Waals surface area contributed by atoms with Gasteiger partial charge in [-0.05, 0) is 19.1 Å². The van der Waals surface area contributed by atoms with Crippen LogP contribution in [-0.2, 0) is 13.6 Å². The highest BCUT2D eigenvalue weighted by atomic mass is 19.1. The Balaban J connectivity index is 2.24. The van der Waals surface area contributed by atoms with Gasteiger partial charge in [0.1, 0.15) is 5.82 Å². The van der Waals surface area contributed by atoms with Crippen LogP contribution in [-0.4, -0.2) is 20.9 Å². The first-order chi connectivity index (χ1) is 8.99. The first kappa shape index (κ1) is 13.1. The van der Waals surface area contributed by atoms with Gasteiger partial charge < -0.3 is 10.4 Å². The number of hydrogen-bond donors (Lipinski definition) is 2. The number of hydrogen-bond acceptors (Lipinski definition) is 3. The molecule has 0 radical (unpaired) electrons. The monoisotopic (exact) mass is 263 g/mol. The molecule has 1 aromatic carbocycles. The maximum atomic E-state index is 13.7. The van der Waals surface area contributed by atoms with E-state index < -0.39 is 11.8 Å². The van der Waals surface area contributed by atoms with Crippen molar-refractivity contribution in [3.8, 4) is 0 Å². The topological polar surface area (TPSA) is 67.2 Å². The van der Waals surface area contributed by atoms with E-state index in [1.54, 1.807) is 11.7 Å². The summed E-state index contributed by atoms with van der Waals surface area (Å²) in [4.78, 5) is 11.0. The van der Waals surface area contributed by atoms with E-state index in [1.165, 1.54) is 18.2 Å². The van der Waals surface area contributed by atoms with E-state index in [-0.39, 0.29) is 11.3 Å². The van der Waals surface area contributed by atoms with E-state index in [0.29, 0.717) is 6.54 Å². The van der Waals surface area contributed by atoms with Crippen LogP contribution in [0.25, 0.3) is 0 Å². The molecule has 0 aliphatic carbocycles. The lowest BCUT2D eigenvalue weighted by atomic mass is 10.1. The van der Waals surface area contributed by atoms with E-state index in [1.807, 2.05) is 13.1 Å². The molecule has 0 aliphatic heterocycles. The van der Waals surface area contributed by atoms with Gasteiger partial charge >= 0.3 is 5.97 Å². The molecule has 6 heteroatoms. The molecule has 0 saturated heterocycles. The number of aromatic nitrogens is 2. The number of para-hydroxylation sites is 1. The Hall–Kier alpha value is -2.37. The van der Waals surface area contributed by atoms with Gasteiger partial charge in [-0.3, -0.25) is 4.68 Å². The molecule has 0 aliphatic rings. The van der Waals surface area contributed by atoms with Gasteiger partial charge in [0.25, 0.3) is 0 Å². The predicted octanol–water partition coefficient (Wildman–Crippen LogP) is 2.18. The number of halogens is 1. The van der Waals surface area contributed by atoms with Gasteiger partial charge in [0.15, 0.2) is 0 Å². The molecule has 1 heterocycles. The van der Waals surface area contributed by atoms with Crippen molar-refractivity contribution in [3.63, 3.8) is 0 Å². The molecule has 2 N–H and O–H groups in total. The third kappa shape index (κ3) is 2.73. The number of nitrogens with one attached hydrogen (secondary N) is 1. The van der Waals surface area contributed by atoms with Crippen molar-refractivity contribution in [2.45, 2.75) is 13.5 Å². The van der Waals surface area contributed by atoms with Gasteiger partial charge in [-0.15, -0.1) is 0 Å². The summed E-state index contributed by atoms with van der Waals surface area (Å²) in [6, 6.07) is 3.97. The zero-order chi connectivity index (χ0) is 14.0. The highest BCUT2D eigenvalue weighted by Crippen LogP contribution is 2.21. The number of carbonyl (C=O) groups is 1. The molecule has 0 bridgehead atoms. The van der Waals surface area contributed by atoms with Gasteiger partial charge in [0.2, 0.25) is 0 Å². The van der Waals surface area contributed by atoms with Crippen LogP contribution in [0.15, 0.2) is 24.4 Å². The Labute approximate surface area is 109 Å². The van der Waals surface area contributed by atoms with Crippen LogP contribution in [0.4, 0.5) is 10.1 Å². The number of benzene rings is 1. The molecule has 0 unspecified atom stereocenters. The molecular weight excluding hydrogens is 249 g/mol. The quantitative estimate of drug-likeness (QED) is 0.887. The van der Waals surface area contributed by atoms with Gasteiger partial charge in [-0.1, -0.05) is 6.07 Å². The van der Waals surface area contributed by atoms with Crippen molar-refractivity contribution in [2.24, 2.45) is 7.05 Å². The van der Waals surface area contributed by atoms with Gasteiger partial charge in [-0.2, -0.15) is 5.10 Å². The second-order valence-corrected chi connectivity index (χ2v) is 4.23. The van der Waals surface area contributed by atoms with Crippen molar-refractivity contribution >= 4 is 11.7 Å². The van der Waals surface area contributed by atoms with Crippen LogP contribution in [0.5, 0.6) is 0 Å². The van der Waals surface area contributed by atoms with Gasteiger partial charge in [-0.25, -0.2) is 9.18 Å². The maximum absolute atomic E-state index is 13.7. The summed E-state index contributed by atoms with van der Waals surface area (Å²) in [5.74, 6) is -1.74. The van der Waals surface area contributed by atoms with E-state index in [9.17, 15) is 9.18 Å². The number of anilines is 1. The zero-order valence-electron chi connectivity index (χ0n) is 10.6. The molecule has 2 rings (SSSR count). The Morgan fingerprint density at radius 2 is 2.26 bits per heavy atom. The van der Waals surface area contributed by atoms with Crippen LogP contribution in [0.1, 0.15) is 21.6 Å². The van der Waals surface area contributed by atoms with Crippen molar-refractivity contribution in [3.05, 3.63) is 47.0 Å². The standard InChI is InChI=1S/C13H14FN3O2/c1-8-9(7-17(2)16-8)6-15-12-10(13(18)19)4-3-5-11(12)14/h3-5,7,15H,6H2,1-2H3,(H,18,19). The highest BCUT2D eigenvalue weighted by Gasteiger charge is 2.14. The maximum Gasteiger partial charge on any atom is 0.337 e. The molecule has 0 amide bonds. The minimum Gasteiger partial charge on any atom is -0.478 e. The summed E-state index contributed by atoms with van der Waals surface area (Å²) in [7, 11) is 1.79. The summed E-state index contributed by atoms with van der Waals surface area (Å²) in [5, 5.41) is 16.0. The lowest BCUT2D eigenvalue weighted by molar-refractivity contribution is 0.0697. The SMILES string of the molecule is Cc1nn(C)cc1CNc1c(F)cccc1C(=O)O. The van der Waals surface area contributed by atoms with Crippen molar-refractivity contribution in [1.29, 1.82) is 0 Å². The van der Waals surface area contributed by atoms with Crippen LogP contribution >= 0.6 is 0 Å². The van der Waals surface area contributed by atoms with E-state index in [2.05, 4.69) is 10.4 Å². The summed E-state index contributed by atoms with van der Waals surface area (Å²) in [6.45, 7) is 2.16. The first-order valence-electron chi connectivity index (χ1n) is 5.74. The molecule has 0 atom stereocenters. The molecule has 2 aromatic rings. The van der Waals surface area contributed by atoms with Crippen LogP contribution in [0.3, 0.4) is 0 Å². The van der Waals surface area contributed by atoms with Crippen molar-refractivity contribution < 1.29 is 14.3 Å². The van der Waals surface area contributed by atoms with Gasteiger partial charge in [0, 0.05) is 25.4 Å². The number of nitrogens with zero attached hydrogens (tertiary/aromatic N) is 2. The Morgan fingerprint density at radius 3 is 2.84 bits per heavy atom. The van der Waals surface area contributed by atoms with E-state index >= 15 is 0 Å². The molecular formula is C13H14FN3O2. The average molecular weight is 263 g/mol. The lowest BCUT2D eigenvalue weighted by Gasteiger charge is -2.10. The number of aryl methyl sites for hydroxylation is 2. The second kappa shape index (κ2) is 5.09.